The van der Waals surface area contributed by atoms with Crippen molar-refractivity contribution in [1.82, 2.24) is 35.4 Å². The maximum Gasteiger partial charge on any atom is 0.255 e. The highest BCUT2D eigenvalue weighted by Crippen LogP contribution is 2.21. The predicted octanol–water partition coefficient (Wildman–Crippen LogP) is 1.16. The second kappa shape index (κ2) is 8.13. The van der Waals surface area contributed by atoms with Gasteiger partial charge in [0, 0.05) is 31.4 Å². The van der Waals surface area contributed by atoms with E-state index in [1.165, 1.54) is 17.1 Å². The molecule has 0 aliphatic carbocycles. The fourth-order valence-corrected chi connectivity index (χ4v) is 3.44. The lowest BCUT2D eigenvalue weighted by Crippen LogP contribution is -2.47. The van der Waals surface area contributed by atoms with E-state index in [1.54, 1.807) is 18.3 Å². The first-order valence-electron chi connectivity index (χ1n) is 9.18. The molecule has 3 aromatic rings. The van der Waals surface area contributed by atoms with Gasteiger partial charge in [-0.15, -0.1) is 5.10 Å². The third kappa shape index (κ3) is 4.15. The van der Waals surface area contributed by atoms with Gasteiger partial charge >= 0.3 is 0 Å². The number of nitrogens with zero attached hydrogens (tertiary/aromatic N) is 6. The van der Waals surface area contributed by atoms with E-state index < -0.39 is 0 Å². The van der Waals surface area contributed by atoms with E-state index in [0.717, 1.165) is 38.2 Å². The lowest BCUT2D eigenvalue weighted by atomic mass is 10.0. The highest BCUT2D eigenvalue weighted by atomic mass is 16.3. The van der Waals surface area contributed by atoms with E-state index in [-0.39, 0.29) is 23.3 Å². The summed E-state index contributed by atoms with van der Waals surface area (Å²) in [7, 11) is 0. The van der Waals surface area contributed by atoms with Crippen LogP contribution in [0.25, 0.3) is 5.69 Å². The number of benzene rings is 1. The number of likely N-dealkylation sites (tertiary alicyclic amines) is 1. The molecule has 1 aliphatic heterocycles. The average molecular weight is 379 g/mol. The number of aromatic nitrogens is 5. The lowest BCUT2D eigenvalue weighted by molar-refractivity contribution is 0.0897. The minimum absolute atomic E-state index is 0.0311. The van der Waals surface area contributed by atoms with E-state index in [0.29, 0.717) is 5.69 Å². The summed E-state index contributed by atoms with van der Waals surface area (Å²) in [5, 5.41) is 24.2. The van der Waals surface area contributed by atoms with Gasteiger partial charge in [0.1, 0.15) is 12.1 Å². The van der Waals surface area contributed by atoms with Crippen molar-refractivity contribution in [3.63, 3.8) is 0 Å². The van der Waals surface area contributed by atoms with Gasteiger partial charge in [-0.2, -0.15) is 0 Å². The number of carbonyl (C=O) groups is 1. The molecule has 0 radical (unpaired) electrons. The van der Waals surface area contributed by atoms with Gasteiger partial charge in [0.25, 0.3) is 5.91 Å². The molecule has 4 rings (SSSR count). The van der Waals surface area contributed by atoms with Crippen LogP contribution in [0, 0.1) is 0 Å². The summed E-state index contributed by atoms with van der Waals surface area (Å²) >= 11 is 0. The van der Waals surface area contributed by atoms with Crippen molar-refractivity contribution >= 4 is 5.91 Å². The zero-order chi connectivity index (χ0) is 19.3. The molecular formula is C19H21N7O2. The molecule has 9 heteroatoms. The van der Waals surface area contributed by atoms with Gasteiger partial charge in [-0.25, -0.2) is 4.68 Å². The fourth-order valence-electron chi connectivity index (χ4n) is 3.44. The predicted molar refractivity (Wildman–Crippen MR) is 101 cm³/mol. The summed E-state index contributed by atoms with van der Waals surface area (Å²) in [4.78, 5) is 19.3. The van der Waals surface area contributed by atoms with Gasteiger partial charge in [0.15, 0.2) is 0 Å². The number of phenolic OH excluding ortho intramolecular Hbond substituents is 1. The third-order valence-electron chi connectivity index (χ3n) is 4.79. The van der Waals surface area contributed by atoms with E-state index >= 15 is 0 Å². The number of phenols is 1. The van der Waals surface area contributed by atoms with Crippen LogP contribution in [0.1, 0.15) is 28.9 Å². The maximum absolute atomic E-state index is 12.6. The third-order valence-corrected chi connectivity index (χ3v) is 4.79. The van der Waals surface area contributed by atoms with Crippen LogP contribution in [0.4, 0.5) is 0 Å². The van der Waals surface area contributed by atoms with Crippen LogP contribution in [0.3, 0.4) is 0 Å². The highest BCUT2D eigenvalue weighted by Gasteiger charge is 2.23. The van der Waals surface area contributed by atoms with Gasteiger partial charge in [0.05, 0.1) is 16.9 Å². The Balaban J connectivity index is 1.39. The number of amides is 1. The van der Waals surface area contributed by atoms with Crippen molar-refractivity contribution in [2.24, 2.45) is 0 Å². The molecule has 0 unspecified atom stereocenters. The molecule has 3 heterocycles. The molecule has 2 aromatic heterocycles. The van der Waals surface area contributed by atoms with Gasteiger partial charge in [-0.3, -0.25) is 14.7 Å². The smallest absolute Gasteiger partial charge is 0.255 e. The maximum atomic E-state index is 12.6. The topological polar surface area (TPSA) is 109 Å². The Hall–Kier alpha value is -3.33. The molecule has 1 fully saturated rings. The Morgan fingerprint density at radius 1 is 1.29 bits per heavy atom. The quantitative estimate of drug-likeness (QED) is 0.684. The number of piperidine rings is 1. The van der Waals surface area contributed by atoms with E-state index in [4.69, 9.17) is 0 Å². The number of rotatable bonds is 5. The Labute approximate surface area is 162 Å². The second-order valence-corrected chi connectivity index (χ2v) is 6.82. The molecule has 1 aromatic carbocycles. The van der Waals surface area contributed by atoms with E-state index in [9.17, 15) is 9.90 Å². The number of pyridine rings is 1. The zero-order valence-electron chi connectivity index (χ0n) is 15.3. The fraction of sp³-hybridized carbons (Fsp3) is 0.316. The summed E-state index contributed by atoms with van der Waals surface area (Å²) in [5.74, 6) is -0.392. The van der Waals surface area contributed by atoms with Crippen LogP contribution in [-0.2, 0) is 6.54 Å². The molecule has 9 nitrogen and oxygen atoms in total. The second-order valence-electron chi connectivity index (χ2n) is 6.82. The lowest BCUT2D eigenvalue weighted by Gasteiger charge is -2.33. The Morgan fingerprint density at radius 3 is 2.96 bits per heavy atom. The van der Waals surface area contributed by atoms with Crippen LogP contribution < -0.4 is 5.32 Å². The van der Waals surface area contributed by atoms with Crippen molar-refractivity contribution in [3.05, 3.63) is 60.2 Å². The Morgan fingerprint density at radius 2 is 2.21 bits per heavy atom. The largest absolute Gasteiger partial charge is 0.507 e. The van der Waals surface area contributed by atoms with Crippen molar-refractivity contribution < 1.29 is 9.90 Å². The standard InChI is InChI=1S/C19H21N7O2/c27-18-10-16(26-13-21-23-24-26)6-7-17(18)19(28)22-15-5-3-9-25(12-15)11-14-4-1-2-8-20-14/h1-2,4,6-8,10,13,15,27H,3,5,9,11-12H2,(H,22,28)/t15-/m0/s1. The van der Waals surface area contributed by atoms with Crippen LogP contribution in [0.5, 0.6) is 5.75 Å². The number of tetrazole rings is 1. The number of aromatic hydroxyl groups is 1. The summed E-state index contributed by atoms with van der Waals surface area (Å²) < 4.78 is 1.41. The van der Waals surface area contributed by atoms with Gasteiger partial charge in [-0.05, 0) is 54.1 Å². The first-order valence-corrected chi connectivity index (χ1v) is 9.18. The van der Waals surface area contributed by atoms with Crippen LogP contribution in [-0.4, -0.2) is 60.2 Å². The van der Waals surface area contributed by atoms with Crippen molar-refractivity contribution in [2.45, 2.75) is 25.4 Å². The minimum Gasteiger partial charge on any atom is -0.507 e. The summed E-state index contributed by atoms with van der Waals surface area (Å²) in [5.41, 5.74) is 1.84. The van der Waals surface area contributed by atoms with Gasteiger partial charge < -0.3 is 10.4 Å². The van der Waals surface area contributed by atoms with E-state index in [2.05, 4.69) is 30.7 Å². The molecule has 1 saturated heterocycles. The normalized spacial score (nSPS) is 17.4. The molecule has 0 bridgehead atoms. The number of nitrogens with one attached hydrogen (secondary N) is 1. The molecule has 1 aliphatic rings. The summed E-state index contributed by atoms with van der Waals surface area (Å²) in [6.45, 7) is 2.50. The van der Waals surface area contributed by atoms with Gasteiger partial charge in [-0.1, -0.05) is 6.07 Å². The monoisotopic (exact) mass is 379 g/mol. The van der Waals surface area contributed by atoms with Crippen molar-refractivity contribution in [1.29, 1.82) is 0 Å². The minimum atomic E-state index is -0.287. The van der Waals surface area contributed by atoms with Crippen molar-refractivity contribution in [3.8, 4) is 11.4 Å². The van der Waals surface area contributed by atoms with Crippen molar-refractivity contribution in [2.75, 3.05) is 13.1 Å². The number of carbonyl (C=O) groups excluding carboxylic acids is 1. The summed E-state index contributed by atoms with van der Waals surface area (Å²) in [6, 6.07) is 10.7. The molecular weight excluding hydrogens is 358 g/mol. The zero-order valence-corrected chi connectivity index (χ0v) is 15.3. The molecule has 0 saturated carbocycles. The van der Waals surface area contributed by atoms with Crippen LogP contribution >= 0.6 is 0 Å². The SMILES string of the molecule is O=C(N[C@H]1CCCN(Cc2ccccn2)C1)c1ccc(-n2cnnn2)cc1O. The van der Waals surface area contributed by atoms with Gasteiger partial charge in [0.2, 0.25) is 0 Å². The average Bonchev–Trinajstić information content (AvgIpc) is 3.24. The molecule has 0 spiro atoms. The Bertz CT molecular complexity index is 931. The van der Waals surface area contributed by atoms with E-state index in [1.807, 2.05) is 18.2 Å². The Kier molecular flexibility index (Phi) is 5.24. The summed E-state index contributed by atoms with van der Waals surface area (Å²) in [6.07, 6.45) is 5.13. The first-order chi connectivity index (χ1) is 13.7. The molecule has 144 valence electrons. The molecule has 1 amide bonds. The number of hydrogen-bond donors (Lipinski definition) is 2. The molecule has 2 N–H and O–H groups in total. The highest BCUT2D eigenvalue weighted by molar-refractivity contribution is 5.97. The molecule has 28 heavy (non-hydrogen) atoms. The number of hydrogen-bond acceptors (Lipinski definition) is 7. The molecule has 1 atom stereocenters. The van der Waals surface area contributed by atoms with Crippen LogP contribution in [0.15, 0.2) is 48.9 Å². The first kappa shape index (κ1) is 18.1. The van der Waals surface area contributed by atoms with Crippen LogP contribution in [0.2, 0.25) is 0 Å².